The molecule has 1 N–H and O–H groups in total. The van der Waals surface area contributed by atoms with Crippen molar-refractivity contribution in [2.75, 3.05) is 25.0 Å². The molecule has 3 rings (SSSR count). The second-order valence-corrected chi connectivity index (χ2v) is 7.95. The molecule has 0 aromatic heterocycles. The Kier molecular flexibility index (Phi) is 6.27. The van der Waals surface area contributed by atoms with Crippen LogP contribution in [0.25, 0.3) is 0 Å². The van der Waals surface area contributed by atoms with E-state index >= 15 is 0 Å². The van der Waals surface area contributed by atoms with Gasteiger partial charge in [0.15, 0.2) is 0 Å². The van der Waals surface area contributed by atoms with E-state index in [1.807, 2.05) is 11.8 Å². The van der Waals surface area contributed by atoms with Crippen molar-refractivity contribution in [1.29, 1.82) is 0 Å². The van der Waals surface area contributed by atoms with Crippen molar-refractivity contribution in [2.24, 2.45) is 5.92 Å². The minimum Gasteiger partial charge on any atom is -0.339 e. The van der Waals surface area contributed by atoms with Gasteiger partial charge in [-0.1, -0.05) is 30.1 Å². The maximum Gasteiger partial charge on any atom is 0.244 e. The van der Waals surface area contributed by atoms with Crippen LogP contribution in [0.5, 0.6) is 0 Å². The fourth-order valence-electron chi connectivity index (χ4n) is 3.39. The monoisotopic (exact) mass is 411 g/mol. The van der Waals surface area contributed by atoms with E-state index in [1.54, 1.807) is 18.2 Å². The van der Waals surface area contributed by atoms with Crippen molar-refractivity contribution in [2.45, 2.75) is 38.6 Å². The molecule has 0 unspecified atom stereocenters. The zero-order valence-electron chi connectivity index (χ0n) is 15.2. The summed E-state index contributed by atoms with van der Waals surface area (Å²) in [6.45, 7) is 2.79. The van der Waals surface area contributed by atoms with Gasteiger partial charge in [-0.15, -0.1) is 0 Å². The van der Waals surface area contributed by atoms with E-state index in [0.717, 1.165) is 19.3 Å². The quantitative estimate of drug-likeness (QED) is 0.748. The molecule has 1 aromatic rings. The molecule has 6 nitrogen and oxygen atoms in total. The molecule has 1 heterocycles. The van der Waals surface area contributed by atoms with Crippen LogP contribution in [0.3, 0.4) is 0 Å². The molecule has 1 saturated heterocycles. The summed E-state index contributed by atoms with van der Waals surface area (Å²) in [4.78, 5) is 40.8. The van der Waals surface area contributed by atoms with Gasteiger partial charge in [-0.2, -0.15) is 0 Å². The first-order chi connectivity index (χ1) is 12.9. The lowest BCUT2D eigenvalue weighted by molar-refractivity contribution is -0.138. The molecule has 1 saturated carbocycles. The highest BCUT2D eigenvalue weighted by atomic mass is 35.5. The minimum absolute atomic E-state index is 0.0439. The average Bonchev–Trinajstić information content (AvgIpc) is 3.39. The van der Waals surface area contributed by atoms with Gasteiger partial charge in [-0.25, -0.2) is 0 Å². The summed E-state index contributed by atoms with van der Waals surface area (Å²) in [5.74, 6) is -0.806. The molecule has 8 heteroatoms. The van der Waals surface area contributed by atoms with Gasteiger partial charge in [-0.05, 0) is 37.5 Å². The lowest BCUT2D eigenvalue weighted by Crippen LogP contribution is -2.42. The average molecular weight is 412 g/mol. The first-order valence-corrected chi connectivity index (χ1v) is 9.97. The fourth-order valence-corrected chi connectivity index (χ4v) is 3.72. The molecule has 27 heavy (non-hydrogen) atoms. The van der Waals surface area contributed by atoms with Crippen LogP contribution in [0.4, 0.5) is 5.69 Å². The Hall–Kier alpha value is -1.79. The number of benzene rings is 1. The Morgan fingerprint density at radius 2 is 2.04 bits per heavy atom. The number of hydrogen-bond acceptors (Lipinski definition) is 3. The number of anilines is 1. The molecular formula is C19H23Cl2N3O3. The number of nitrogens with one attached hydrogen (secondary N) is 1. The van der Waals surface area contributed by atoms with E-state index in [4.69, 9.17) is 23.2 Å². The summed E-state index contributed by atoms with van der Waals surface area (Å²) < 4.78 is 0. The lowest BCUT2D eigenvalue weighted by atomic mass is 10.1. The van der Waals surface area contributed by atoms with Gasteiger partial charge in [0.25, 0.3) is 0 Å². The van der Waals surface area contributed by atoms with Crippen molar-refractivity contribution in [3.05, 3.63) is 28.2 Å². The molecule has 1 atom stereocenters. The van der Waals surface area contributed by atoms with E-state index in [0.29, 0.717) is 34.9 Å². The molecule has 1 aliphatic heterocycles. The Balaban J connectivity index is 1.62. The highest BCUT2D eigenvalue weighted by molar-refractivity contribution is 6.35. The predicted octanol–water partition coefficient (Wildman–Crippen LogP) is 3.18. The van der Waals surface area contributed by atoms with Crippen molar-refractivity contribution in [1.82, 2.24) is 9.80 Å². The molecule has 0 bridgehead atoms. The van der Waals surface area contributed by atoms with Gasteiger partial charge in [0, 0.05) is 30.6 Å². The Morgan fingerprint density at radius 1 is 1.30 bits per heavy atom. The number of halogens is 2. The van der Waals surface area contributed by atoms with Crippen LogP contribution in [0.2, 0.25) is 10.0 Å². The molecular weight excluding hydrogens is 389 g/mol. The molecule has 0 radical (unpaired) electrons. The van der Waals surface area contributed by atoms with Crippen LogP contribution in [-0.4, -0.2) is 53.2 Å². The maximum absolute atomic E-state index is 12.9. The maximum atomic E-state index is 12.9. The number of amides is 3. The topological polar surface area (TPSA) is 69.7 Å². The van der Waals surface area contributed by atoms with E-state index in [9.17, 15) is 14.4 Å². The van der Waals surface area contributed by atoms with Crippen LogP contribution < -0.4 is 5.32 Å². The van der Waals surface area contributed by atoms with E-state index in [-0.39, 0.29) is 36.6 Å². The van der Waals surface area contributed by atoms with Gasteiger partial charge in [0.05, 0.1) is 23.2 Å². The zero-order chi connectivity index (χ0) is 19.6. The minimum atomic E-state index is -0.368. The third kappa shape index (κ3) is 4.93. The summed E-state index contributed by atoms with van der Waals surface area (Å²) in [5, 5.41) is 3.54. The van der Waals surface area contributed by atoms with Gasteiger partial charge in [0.2, 0.25) is 17.7 Å². The largest absolute Gasteiger partial charge is 0.339 e. The van der Waals surface area contributed by atoms with Gasteiger partial charge in [0.1, 0.15) is 0 Å². The smallest absolute Gasteiger partial charge is 0.244 e. The van der Waals surface area contributed by atoms with Crippen molar-refractivity contribution >= 4 is 46.6 Å². The normalized spacial score (nSPS) is 19.3. The number of nitrogens with zero attached hydrogens (tertiary/aromatic N) is 2. The molecule has 1 aromatic carbocycles. The molecule has 2 fully saturated rings. The van der Waals surface area contributed by atoms with E-state index in [1.165, 1.54) is 4.90 Å². The van der Waals surface area contributed by atoms with Crippen LogP contribution in [0.15, 0.2) is 18.2 Å². The molecule has 146 valence electrons. The number of hydrogen-bond donors (Lipinski definition) is 1. The molecule has 2 aliphatic rings. The molecule has 3 amide bonds. The Morgan fingerprint density at radius 3 is 2.70 bits per heavy atom. The highest BCUT2D eigenvalue weighted by Crippen LogP contribution is 2.33. The van der Waals surface area contributed by atoms with Gasteiger partial charge >= 0.3 is 0 Å². The number of likely N-dealkylation sites (tertiary alicyclic amines) is 1. The van der Waals surface area contributed by atoms with Crippen LogP contribution in [0.1, 0.15) is 32.6 Å². The number of carbonyl (C=O) groups excluding carboxylic acids is 3. The summed E-state index contributed by atoms with van der Waals surface area (Å²) in [7, 11) is 0. The van der Waals surface area contributed by atoms with E-state index in [2.05, 4.69) is 5.32 Å². The fraction of sp³-hybridized carbons (Fsp3) is 0.526. The zero-order valence-corrected chi connectivity index (χ0v) is 16.7. The highest BCUT2D eigenvalue weighted by Gasteiger charge is 2.42. The van der Waals surface area contributed by atoms with Crippen molar-refractivity contribution < 1.29 is 14.4 Å². The van der Waals surface area contributed by atoms with Crippen molar-refractivity contribution in [3.8, 4) is 0 Å². The Bertz CT molecular complexity index is 752. The summed E-state index contributed by atoms with van der Waals surface area (Å²) in [6, 6.07) is 5.11. The van der Waals surface area contributed by atoms with Crippen molar-refractivity contribution in [3.63, 3.8) is 0 Å². The molecule has 0 spiro atoms. The predicted molar refractivity (Wildman–Crippen MR) is 105 cm³/mol. The SMILES string of the molecule is CCCN(CC(=O)Nc1cc(Cl)ccc1Cl)C(=O)[C@@H]1CC(=O)N(C2CC2)C1. The molecule has 1 aliphatic carbocycles. The van der Waals surface area contributed by atoms with Crippen LogP contribution in [0, 0.1) is 5.92 Å². The third-order valence-corrected chi connectivity index (χ3v) is 5.40. The standard InChI is InChI=1S/C19H23Cl2N3O3/c1-2-7-23(11-17(25)22-16-9-13(20)3-6-15(16)21)19(27)12-8-18(26)24(10-12)14-4-5-14/h3,6,9,12,14H,2,4-5,7-8,10-11H2,1H3,(H,22,25)/t12-/m1/s1. The summed E-state index contributed by atoms with van der Waals surface area (Å²) in [6.07, 6.45) is 3.00. The summed E-state index contributed by atoms with van der Waals surface area (Å²) >= 11 is 12.0. The number of rotatable bonds is 7. The second kappa shape index (κ2) is 8.48. The third-order valence-electron chi connectivity index (χ3n) is 4.84. The number of carbonyl (C=O) groups is 3. The Labute approximate surface area is 168 Å². The van der Waals surface area contributed by atoms with Gasteiger partial charge in [-0.3, -0.25) is 14.4 Å². The first kappa shape index (κ1) is 20.0. The van der Waals surface area contributed by atoms with Crippen LogP contribution in [-0.2, 0) is 14.4 Å². The first-order valence-electron chi connectivity index (χ1n) is 9.22. The summed E-state index contributed by atoms with van der Waals surface area (Å²) in [5.41, 5.74) is 0.411. The second-order valence-electron chi connectivity index (χ2n) is 7.11. The lowest BCUT2D eigenvalue weighted by Gasteiger charge is -2.25. The van der Waals surface area contributed by atoms with E-state index < -0.39 is 0 Å². The van der Waals surface area contributed by atoms with Crippen LogP contribution >= 0.6 is 23.2 Å². The van der Waals surface area contributed by atoms with Gasteiger partial charge < -0.3 is 15.1 Å².